The van der Waals surface area contributed by atoms with Crippen molar-refractivity contribution in [2.45, 2.75) is 30.7 Å². The van der Waals surface area contributed by atoms with Gasteiger partial charge in [-0.15, -0.1) is 11.8 Å². The zero-order valence-electron chi connectivity index (χ0n) is 12.6. The van der Waals surface area contributed by atoms with Crippen LogP contribution in [0.15, 0.2) is 53.4 Å². The van der Waals surface area contributed by atoms with Crippen LogP contribution >= 0.6 is 23.4 Å². The maximum Gasteiger partial charge on any atom is 0.0417 e. The first-order valence-corrected chi connectivity index (χ1v) is 8.71. The highest BCUT2D eigenvalue weighted by molar-refractivity contribution is 7.99. The van der Waals surface area contributed by atoms with Crippen molar-refractivity contribution in [3.63, 3.8) is 0 Å². The van der Waals surface area contributed by atoms with Crippen molar-refractivity contribution in [3.8, 4) is 0 Å². The van der Waals surface area contributed by atoms with Crippen LogP contribution in [0.1, 0.15) is 18.1 Å². The van der Waals surface area contributed by atoms with Gasteiger partial charge in [0.25, 0.3) is 0 Å². The minimum absolute atomic E-state index is 0.460. The normalized spacial score (nSPS) is 12.3. The molecule has 1 unspecified atom stereocenters. The van der Waals surface area contributed by atoms with E-state index in [0.29, 0.717) is 6.04 Å². The first-order chi connectivity index (χ1) is 10.2. The molecule has 0 radical (unpaired) electrons. The Morgan fingerprint density at radius 3 is 2.43 bits per heavy atom. The Labute approximate surface area is 137 Å². The summed E-state index contributed by atoms with van der Waals surface area (Å²) >= 11 is 7.87. The molecule has 0 bridgehead atoms. The topological polar surface area (TPSA) is 12.0 Å². The van der Waals surface area contributed by atoms with Crippen molar-refractivity contribution in [3.05, 3.63) is 64.7 Å². The fourth-order valence-electron chi connectivity index (χ4n) is 2.19. The van der Waals surface area contributed by atoms with Crippen LogP contribution in [0, 0.1) is 0 Å². The van der Waals surface area contributed by atoms with Crippen molar-refractivity contribution < 1.29 is 0 Å². The van der Waals surface area contributed by atoms with E-state index in [1.165, 1.54) is 16.0 Å². The predicted molar refractivity (Wildman–Crippen MR) is 94.5 cm³/mol. The van der Waals surface area contributed by atoms with Gasteiger partial charge >= 0.3 is 0 Å². The summed E-state index contributed by atoms with van der Waals surface area (Å²) < 4.78 is 0. The average molecular weight is 320 g/mol. The zero-order chi connectivity index (χ0) is 15.1. The fraction of sp³-hybridized carbons (Fsp3) is 0.333. The van der Waals surface area contributed by atoms with Crippen molar-refractivity contribution in [2.24, 2.45) is 0 Å². The second-order valence-electron chi connectivity index (χ2n) is 5.13. The van der Waals surface area contributed by atoms with Crippen molar-refractivity contribution in [2.75, 3.05) is 12.8 Å². The Bertz CT molecular complexity index is 553. The molecule has 0 spiro atoms. The van der Waals surface area contributed by atoms with Crippen LogP contribution in [0.3, 0.4) is 0 Å². The van der Waals surface area contributed by atoms with Crippen LogP contribution in [-0.4, -0.2) is 18.8 Å². The molecule has 2 rings (SSSR count). The van der Waals surface area contributed by atoms with Gasteiger partial charge in [0, 0.05) is 21.7 Å². The minimum Gasteiger partial charge on any atom is -0.316 e. The maximum absolute atomic E-state index is 6.02. The highest BCUT2D eigenvalue weighted by atomic mass is 35.5. The number of nitrogens with one attached hydrogen (secondary N) is 1. The van der Waals surface area contributed by atoms with E-state index in [1.807, 2.05) is 37.0 Å². The van der Waals surface area contributed by atoms with Crippen LogP contribution in [0.4, 0.5) is 0 Å². The number of rotatable bonds is 7. The van der Waals surface area contributed by atoms with Gasteiger partial charge in [0.2, 0.25) is 0 Å². The lowest BCUT2D eigenvalue weighted by Gasteiger charge is -2.16. The summed E-state index contributed by atoms with van der Waals surface area (Å²) in [6.07, 6.45) is 2.15. The molecule has 0 aromatic heterocycles. The maximum atomic E-state index is 6.02. The quantitative estimate of drug-likeness (QED) is 0.734. The highest BCUT2D eigenvalue weighted by Crippen LogP contribution is 2.23. The number of aryl methyl sites for hydroxylation is 1. The molecule has 2 aromatic rings. The summed E-state index contributed by atoms with van der Waals surface area (Å²) in [5.41, 5.74) is 2.78. The van der Waals surface area contributed by atoms with Gasteiger partial charge in [-0.25, -0.2) is 0 Å². The van der Waals surface area contributed by atoms with E-state index in [0.717, 1.165) is 23.6 Å². The molecule has 112 valence electrons. The minimum atomic E-state index is 0.460. The SMILES string of the molecule is CCc1ccc(CC(CSc2cccc(Cl)c2)NC)cc1. The number of hydrogen-bond donors (Lipinski definition) is 1. The van der Waals surface area contributed by atoms with E-state index in [2.05, 4.69) is 42.6 Å². The van der Waals surface area contributed by atoms with E-state index in [1.54, 1.807) is 0 Å². The van der Waals surface area contributed by atoms with Crippen LogP contribution in [0.5, 0.6) is 0 Å². The van der Waals surface area contributed by atoms with Crippen LogP contribution in [-0.2, 0) is 12.8 Å². The van der Waals surface area contributed by atoms with Crippen molar-refractivity contribution in [1.29, 1.82) is 0 Å². The first-order valence-electron chi connectivity index (χ1n) is 7.34. The average Bonchev–Trinajstić information content (AvgIpc) is 2.52. The van der Waals surface area contributed by atoms with Gasteiger partial charge in [-0.2, -0.15) is 0 Å². The Hall–Kier alpha value is -0.960. The molecule has 0 aliphatic carbocycles. The number of thioether (sulfide) groups is 1. The Morgan fingerprint density at radius 1 is 1.10 bits per heavy atom. The van der Waals surface area contributed by atoms with E-state index in [-0.39, 0.29) is 0 Å². The number of benzene rings is 2. The Morgan fingerprint density at radius 2 is 1.81 bits per heavy atom. The van der Waals surface area contributed by atoms with Crippen molar-refractivity contribution in [1.82, 2.24) is 5.32 Å². The van der Waals surface area contributed by atoms with Gasteiger partial charge in [0.05, 0.1) is 0 Å². The van der Waals surface area contributed by atoms with Gasteiger partial charge in [-0.05, 0) is 49.2 Å². The Balaban J connectivity index is 1.90. The van der Waals surface area contributed by atoms with E-state index >= 15 is 0 Å². The molecule has 0 aliphatic rings. The van der Waals surface area contributed by atoms with Gasteiger partial charge in [0.1, 0.15) is 0 Å². The van der Waals surface area contributed by atoms with E-state index in [4.69, 9.17) is 11.6 Å². The van der Waals surface area contributed by atoms with Crippen LogP contribution in [0.2, 0.25) is 5.02 Å². The second-order valence-corrected chi connectivity index (χ2v) is 6.66. The van der Waals surface area contributed by atoms with Gasteiger partial charge in [-0.3, -0.25) is 0 Å². The second kappa shape index (κ2) is 8.47. The molecule has 2 aromatic carbocycles. The summed E-state index contributed by atoms with van der Waals surface area (Å²) in [6.45, 7) is 2.19. The summed E-state index contributed by atoms with van der Waals surface area (Å²) in [4.78, 5) is 1.23. The van der Waals surface area contributed by atoms with Gasteiger partial charge in [-0.1, -0.05) is 48.9 Å². The number of likely N-dealkylation sites (N-methyl/N-ethyl adjacent to an activating group) is 1. The molecule has 1 N–H and O–H groups in total. The molecule has 0 aliphatic heterocycles. The van der Waals surface area contributed by atoms with Crippen LogP contribution in [0.25, 0.3) is 0 Å². The highest BCUT2D eigenvalue weighted by Gasteiger charge is 2.08. The van der Waals surface area contributed by atoms with E-state index < -0.39 is 0 Å². The molecule has 0 fully saturated rings. The largest absolute Gasteiger partial charge is 0.316 e. The predicted octanol–water partition coefficient (Wildman–Crippen LogP) is 4.83. The molecule has 3 heteroatoms. The fourth-order valence-corrected chi connectivity index (χ4v) is 3.51. The van der Waals surface area contributed by atoms with E-state index in [9.17, 15) is 0 Å². The summed E-state index contributed by atoms with van der Waals surface area (Å²) in [5, 5.41) is 4.21. The third kappa shape index (κ3) is 5.39. The Kier molecular flexibility index (Phi) is 6.62. The summed E-state index contributed by atoms with van der Waals surface area (Å²) in [5.74, 6) is 1.03. The third-order valence-electron chi connectivity index (χ3n) is 3.57. The monoisotopic (exact) mass is 319 g/mol. The summed E-state index contributed by atoms with van der Waals surface area (Å²) in [7, 11) is 2.03. The molecule has 0 saturated carbocycles. The molecule has 0 heterocycles. The number of hydrogen-bond acceptors (Lipinski definition) is 2. The molecule has 21 heavy (non-hydrogen) atoms. The molecular formula is C18H22ClNS. The van der Waals surface area contributed by atoms with Crippen LogP contribution < -0.4 is 5.32 Å². The third-order valence-corrected chi connectivity index (χ3v) is 4.96. The smallest absolute Gasteiger partial charge is 0.0417 e. The number of halogens is 1. The van der Waals surface area contributed by atoms with Gasteiger partial charge < -0.3 is 5.32 Å². The summed E-state index contributed by atoms with van der Waals surface area (Å²) in [6, 6.07) is 17.5. The first kappa shape index (κ1) is 16.4. The lowest BCUT2D eigenvalue weighted by molar-refractivity contribution is 0.617. The zero-order valence-corrected chi connectivity index (χ0v) is 14.2. The standard InChI is InChI=1S/C18H22ClNS/c1-3-14-7-9-15(10-8-14)11-17(20-2)13-21-18-6-4-5-16(19)12-18/h4-10,12,17,20H,3,11,13H2,1-2H3. The molecule has 0 amide bonds. The lowest BCUT2D eigenvalue weighted by atomic mass is 10.0. The van der Waals surface area contributed by atoms with Gasteiger partial charge in [0.15, 0.2) is 0 Å². The molecule has 1 atom stereocenters. The molecule has 1 nitrogen and oxygen atoms in total. The lowest BCUT2D eigenvalue weighted by Crippen LogP contribution is -2.30. The van der Waals surface area contributed by atoms with Crippen molar-refractivity contribution >= 4 is 23.4 Å². The molecular weight excluding hydrogens is 298 g/mol. The molecule has 0 saturated heterocycles.